The Kier molecular flexibility index (Phi) is 3.06. The van der Waals surface area contributed by atoms with Gasteiger partial charge < -0.3 is 0 Å². The van der Waals surface area contributed by atoms with Crippen LogP contribution in [0.1, 0.15) is 14.5 Å². The van der Waals surface area contributed by atoms with E-state index in [-0.39, 0.29) is 18.0 Å². The van der Waals surface area contributed by atoms with Crippen molar-refractivity contribution in [3.8, 4) is 0 Å². The van der Waals surface area contributed by atoms with Gasteiger partial charge in [-0.25, -0.2) is 4.79 Å². The highest BCUT2D eigenvalue weighted by molar-refractivity contribution is 7.14. The van der Waals surface area contributed by atoms with Crippen LogP contribution in [0.4, 0.5) is 0 Å². The van der Waals surface area contributed by atoms with Gasteiger partial charge in [-0.2, -0.15) is 0 Å². The summed E-state index contributed by atoms with van der Waals surface area (Å²) in [5.41, 5.74) is 1.47. The van der Waals surface area contributed by atoms with Crippen molar-refractivity contribution in [1.29, 1.82) is 0 Å². The minimum Gasteiger partial charge on any atom is -0.295 e. The number of aryl methyl sites for hydroxylation is 2. The molecule has 2 heterocycles. The smallest absolute Gasteiger partial charge is 0.295 e. The van der Waals surface area contributed by atoms with E-state index < -0.39 is 0 Å². The lowest BCUT2D eigenvalue weighted by Gasteiger charge is -2.00. The van der Waals surface area contributed by atoms with Gasteiger partial charge in [0.2, 0.25) is 0 Å². The fourth-order valence-corrected chi connectivity index (χ4v) is 3.12. The van der Waals surface area contributed by atoms with Gasteiger partial charge in [-0.3, -0.25) is 13.9 Å². The van der Waals surface area contributed by atoms with Gasteiger partial charge in [0.05, 0.1) is 22.5 Å². The van der Waals surface area contributed by atoms with Crippen molar-refractivity contribution < 1.29 is 4.79 Å². The summed E-state index contributed by atoms with van der Waals surface area (Å²) in [5, 5.41) is 0. The average molecular weight is 286 g/mol. The number of carbonyl (C=O) groups is 1. The molecule has 3 aromatic rings. The number of hydrogen-bond acceptors (Lipinski definition) is 3. The van der Waals surface area contributed by atoms with E-state index in [1.54, 1.807) is 11.6 Å². The van der Waals surface area contributed by atoms with Crippen LogP contribution in [-0.2, 0) is 13.6 Å². The second kappa shape index (κ2) is 4.76. The largest absolute Gasteiger partial charge is 0.329 e. The molecule has 0 bridgehead atoms. The van der Waals surface area contributed by atoms with Crippen molar-refractivity contribution >= 4 is 28.2 Å². The van der Waals surface area contributed by atoms with Gasteiger partial charge in [0.1, 0.15) is 0 Å². The van der Waals surface area contributed by atoms with Crippen molar-refractivity contribution in [1.82, 2.24) is 9.13 Å². The van der Waals surface area contributed by atoms with Crippen LogP contribution < -0.4 is 5.69 Å². The molecule has 0 unspecified atom stereocenters. The van der Waals surface area contributed by atoms with Crippen molar-refractivity contribution in [3.63, 3.8) is 0 Å². The van der Waals surface area contributed by atoms with Gasteiger partial charge in [-0.15, -0.1) is 11.3 Å². The minimum absolute atomic E-state index is 0.0263. The molecule has 0 spiro atoms. The Hall–Kier alpha value is -2.14. The Morgan fingerprint density at radius 2 is 1.85 bits per heavy atom. The van der Waals surface area contributed by atoms with Crippen LogP contribution in [0.3, 0.4) is 0 Å². The first kappa shape index (κ1) is 12.9. The summed E-state index contributed by atoms with van der Waals surface area (Å²) in [4.78, 5) is 26.3. The lowest BCUT2D eigenvalue weighted by atomic mass is 10.3. The molecular formula is C15H14N2O2S. The van der Waals surface area contributed by atoms with Crippen LogP contribution >= 0.6 is 11.3 Å². The van der Waals surface area contributed by atoms with Gasteiger partial charge in [-0.05, 0) is 31.2 Å². The summed E-state index contributed by atoms with van der Waals surface area (Å²) in [6, 6.07) is 11.2. The zero-order valence-electron chi connectivity index (χ0n) is 11.3. The lowest BCUT2D eigenvalue weighted by molar-refractivity contribution is 0.0976. The molecule has 0 N–H and O–H groups in total. The number of aromatic nitrogens is 2. The molecule has 0 aliphatic carbocycles. The Morgan fingerprint density at radius 3 is 2.50 bits per heavy atom. The molecule has 102 valence electrons. The summed E-state index contributed by atoms with van der Waals surface area (Å²) >= 11 is 1.46. The average Bonchev–Trinajstić information content (AvgIpc) is 2.98. The highest BCUT2D eigenvalue weighted by atomic mass is 32.1. The maximum atomic E-state index is 12.3. The topological polar surface area (TPSA) is 44.0 Å². The minimum atomic E-state index is -0.159. The quantitative estimate of drug-likeness (QED) is 0.695. The summed E-state index contributed by atoms with van der Waals surface area (Å²) in [5.74, 6) is -0.0263. The number of nitrogens with zero attached hydrogens (tertiary/aromatic N) is 2. The van der Waals surface area contributed by atoms with Gasteiger partial charge in [0.15, 0.2) is 5.78 Å². The SMILES string of the molecule is Cc1ccc(C(=O)Cn2c(=O)n(C)c3ccccc32)s1. The first-order valence-electron chi connectivity index (χ1n) is 6.32. The molecule has 5 heteroatoms. The molecule has 0 fully saturated rings. The first-order valence-corrected chi connectivity index (χ1v) is 7.13. The lowest BCUT2D eigenvalue weighted by Crippen LogP contribution is -2.25. The van der Waals surface area contributed by atoms with E-state index in [1.165, 1.54) is 15.9 Å². The molecule has 2 aromatic heterocycles. The number of imidazole rings is 1. The number of thiophene rings is 1. The van der Waals surface area contributed by atoms with E-state index in [4.69, 9.17) is 0 Å². The molecule has 0 saturated heterocycles. The number of hydrogen-bond donors (Lipinski definition) is 0. The fraction of sp³-hybridized carbons (Fsp3) is 0.200. The predicted octanol–water partition coefficient (Wildman–Crippen LogP) is 2.59. The Balaban J connectivity index is 2.05. The van der Waals surface area contributed by atoms with Crippen LogP contribution in [0.2, 0.25) is 0 Å². The number of Topliss-reactive ketones (excluding diaryl/α,β-unsaturated/α-hetero) is 1. The van der Waals surface area contributed by atoms with Gasteiger partial charge in [0.25, 0.3) is 0 Å². The number of ketones is 1. The first-order chi connectivity index (χ1) is 9.58. The van der Waals surface area contributed by atoms with Crippen LogP contribution in [0.25, 0.3) is 11.0 Å². The molecule has 20 heavy (non-hydrogen) atoms. The molecule has 0 saturated carbocycles. The van der Waals surface area contributed by atoms with E-state index in [9.17, 15) is 9.59 Å². The van der Waals surface area contributed by atoms with E-state index in [0.717, 1.165) is 15.9 Å². The number of carbonyl (C=O) groups excluding carboxylic acids is 1. The molecule has 0 atom stereocenters. The molecule has 3 rings (SSSR count). The molecule has 4 nitrogen and oxygen atoms in total. The third kappa shape index (κ3) is 2.00. The number of benzene rings is 1. The van der Waals surface area contributed by atoms with Gasteiger partial charge in [0, 0.05) is 11.9 Å². The van der Waals surface area contributed by atoms with Crippen LogP contribution in [0.15, 0.2) is 41.2 Å². The van der Waals surface area contributed by atoms with Crippen LogP contribution in [-0.4, -0.2) is 14.9 Å². The van der Waals surface area contributed by atoms with E-state index in [2.05, 4.69) is 0 Å². The van der Waals surface area contributed by atoms with E-state index >= 15 is 0 Å². The summed E-state index contributed by atoms with van der Waals surface area (Å²) < 4.78 is 3.11. The third-order valence-corrected chi connectivity index (χ3v) is 4.41. The molecule has 1 aromatic carbocycles. The molecule has 0 radical (unpaired) electrons. The second-order valence-corrected chi connectivity index (χ2v) is 6.04. The van der Waals surface area contributed by atoms with Crippen LogP contribution in [0.5, 0.6) is 0 Å². The number of para-hydroxylation sites is 2. The molecular weight excluding hydrogens is 272 g/mol. The molecule has 0 aliphatic heterocycles. The maximum absolute atomic E-state index is 12.3. The monoisotopic (exact) mass is 286 g/mol. The highest BCUT2D eigenvalue weighted by Crippen LogP contribution is 2.17. The third-order valence-electron chi connectivity index (χ3n) is 3.37. The Morgan fingerprint density at radius 1 is 1.15 bits per heavy atom. The van der Waals surface area contributed by atoms with E-state index in [0.29, 0.717) is 4.88 Å². The maximum Gasteiger partial charge on any atom is 0.329 e. The zero-order chi connectivity index (χ0) is 14.3. The summed E-state index contributed by atoms with van der Waals surface area (Å²) in [6.07, 6.45) is 0. The number of rotatable bonds is 3. The van der Waals surface area contributed by atoms with Gasteiger partial charge in [-0.1, -0.05) is 12.1 Å². The van der Waals surface area contributed by atoms with Gasteiger partial charge >= 0.3 is 5.69 Å². The molecule has 0 amide bonds. The highest BCUT2D eigenvalue weighted by Gasteiger charge is 2.15. The van der Waals surface area contributed by atoms with Crippen molar-refractivity contribution in [2.45, 2.75) is 13.5 Å². The summed E-state index contributed by atoms with van der Waals surface area (Å²) in [7, 11) is 1.72. The van der Waals surface area contributed by atoms with E-state index in [1.807, 2.05) is 43.3 Å². The zero-order valence-corrected chi connectivity index (χ0v) is 12.1. The van der Waals surface area contributed by atoms with Crippen molar-refractivity contribution in [3.05, 3.63) is 56.6 Å². The Labute approximate surface area is 119 Å². The number of fused-ring (bicyclic) bond motifs is 1. The van der Waals surface area contributed by atoms with Crippen molar-refractivity contribution in [2.24, 2.45) is 7.05 Å². The van der Waals surface area contributed by atoms with Crippen LogP contribution in [0, 0.1) is 6.92 Å². The summed E-state index contributed by atoms with van der Waals surface area (Å²) in [6.45, 7) is 2.05. The second-order valence-electron chi connectivity index (χ2n) is 4.75. The predicted molar refractivity (Wildman–Crippen MR) is 80.6 cm³/mol. The Bertz CT molecular complexity index is 854. The normalized spacial score (nSPS) is 11.1. The van der Waals surface area contributed by atoms with Crippen molar-refractivity contribution in [2.75, 3.05) is 0 Å². The molecule has 0 aliphatic rings. The fourth-order valence-electron chi connectivity index (χ4n) is 2.32. The standard InChI is InChI=1S/C15H14N2O2S/c1-10-7-8-14(20-10)13(18)9-17-12-6-4-3-5-11(12)16(2)15(17)19/h3-8H,9H2,1-2H3.